The van der Waals surface area contributed by atoms with Crippen molar-refractivity contribution >= 4 is 21.9 Å². The zero-order chi connectivity index (χ0) is 14.4. The van der Waals surface area contributed by atoms with E-state index in [1.165, 1.54) is 7.11 Å². The number of carbonyl (C=O) groups excluding carboxylic acids is 1. The molecule has 0 aliphatic heterocycles. The summed E-state index contributed by atoms with van der Waals surface area (Å²) in [5, 5.41) is 12.9. The van der Waals surface area contributed by atoms with Gasteiger partial charge in [-0.1, -0.05) is 29.8 Å². The number of nitrogens with one attached hydrogen (secondary N) is 1. The normalized spacial score (nSPS) is 12.5. The molecule has 0 saturated carbocycles. The van der Waals surface area contributed by atoms with Crippen LogP contribution in [0.4, 0.5) is 0 Å². The summed E-state index contributed by atoms with van der Waals surface area (Å²) in [6, 6.07) is 4.86. The van der Waals surface area contributed by atoms with Crippen molar-refractivity contribution in [2.45, 2.75) is 32.9 Å². The molecule has 1 atom stereocenters. The summed E-state index contributed by atoms with van der Waals surface area (Å²) in [6.07, 6.45) is 0.696. The van der Waals surface area contributed by atoms with Gasteiger partial charge >= 0.3 is 5.97 Å². The highest BCUT2D eigenvalue weighted by molar-refractivity contribution is 9.10. The van der Waals surface area contributed by atoms with E-state index < -0.39 is 0 Å². The molecule has 0 amide bonds. The molecule has 0 heterocycles. The molecule has 0 spiro atoms. The molecule has 0 bridgehead atoms. The summed E-state index contributed by atoms with van der Waals surface area (Å²) in [7, 11) is 1.38. The molecule has 0 saturated heterocycles. The Bertz CT molecular complexity index is 435. The monoisotopic (exact) mass is 329 g/mol. The van der Waals surface area contributed by atoms with E-state index in [2.05, 4.69) is 21.2 Å². The lowest BCUT2D eigenvalue weighted by molar-refractivity contribution is -0.143. The van der Waals surface area contributed by atoms with Crippen LogP contribution in [0.25, 0.3) is 0 Å². The molecule has 1 aromatic carbocycles. The predicted molar refractivity (Wildman–Crippen MR) is 77.9 cm³/mol. The first kappa shape index (κ1) is 16.0. The third-order valence-corrected chi connectivity index (χ3v) is 3.27. The first-order chi connectivity index (χ1) is 8.93. The number of methoxy groups -OCH3 is 1. The van der Waals surface area contributed by atoms with Crippen molar-refractivity contribution in [3.05, 3.63) is 28.2 Å². The fourth-order valence-corrected chi connectivity index (χ4v) is 2.21. The van der Waals surface area contributed by atoms with Gasteiger partial charge in [0.05, 0.1) is 7.11 Å². The fourth-order valence-electron chi connectivity index (χ4n) is 1.81. The number of phenols is 1. The van der Waals surface area contributed by atoms with Crippen LogP contribution in [0.5, 0.6) is 5.75 Å². The Morgan fingerprint density at radius 3 is 2.74 bits per heavy atom. The SMILES string of the molecule is COC(=O)C(CC(C)C)NCc1cc(Br)ccc1O. The van der Waals surface area contributed by atoms with Gasteiger partial charge in [0.15, 0.2) is 0 Å². The lowest BCUT2D eigenvalue weighted by Crippen LogP contribution is -2.38. The van der Waals surface area contributed by atoms with Crippen LogP contribution in [-0.4, -0.2) is 24.2 Å². The quantitative estimate of drug-likeness (QED) is 0.788. The number of halogens is 1. The van der Waals surface area contributed by atoms with Crippen LogP contribution in [-0.2, 0) is 16.1 Å². The largest absolute Gasteiger partial charge is 0.508 e. The van der Waals surface area contributed by atoms with Crippen molar-refractivity contribution in [2.75, 3.05) is 7.11 Å². The Morgan fingerprint density at radius 1 is 1.47 bits per heavy atom. The van der Waals surface area contributed by atoms with Crippen LogP contribution in [0.3, 0.4) is 0 Å². The van der Waals surface area contributed by atoms with Gasteiger partial charge in [0.25, 0.3) is 0 Å². The Morgan fingerprint density at radius 2 is 2.16 bits per heavy atom. The molecule has 0 radical (unpaired) electrons. The van der Waals surface area contributed by atoms with E-state index in [4.69, 9.17) is 4.74 Å². The van der Waals surface area contributed by atoms with Crippen LogP contribution in [0.15, 0.2) is 22.7 Å². The molecule has 2 N–H and O–H groups in total. The van der Waals surface area contributed by atoms with Crippen LogP contribution in [0.2, 0.25) is 0 Å². The number of rotatable bonds is 6. The number of aromatic hydroxyl groups is 1. The Kier molecular flexibility index (Phi) is 6.31. The zero-order valence-electron chi connectivity index (χ0n) is 11.4. The van der Waals surface area contributed by atoms with Crippen molar-refractivity contribution in [3.8, 4) is 5.75 Å². The second-order valence-electron chi connectivity index (χ2n) is 4.86. The Balaban J connectivity index is 2.70. The molecule has 0 aliphatic carbocycles. The first-order valence-corrected chi connectivity index (χ1v) is 7.02. The minimum absolute atomic E-state index is 0.212. The number of phenolic OH excluding ortho intramolecular Hbond substituents is 1. The standard InChI is InChI=1S/C14H20BrNO3/c1-9(2)6-12(14(18)19-3)16-8-10-7-11(15)4-5-13(10)17/h4-5,7,9,12,16-17H,6,8H2,1-3H3. The molecular formula is C14H20BrNO3. The van der Waals surface area contributed by atoms with Gasteiger partial charge < -0.3 is 15.2 Å². The average molecular weight is 330 g/mol. The van der Waals surface area contributed by atoms with Crippen LogP contribution < -0.4 is 5.32 Å². The third-order valence-electron chi connectivity index (χ3n) is 2.77. The molecule has 106 valence electrons. The van der Waals surface area contributed by atoms with Gasteiger partial charge in [-0.05, 0) is 30.5 Å². The van der Waals surface area contributed by atoms with Gasteiger partial charge in [0, 0.05) is 16.6 Å². The number of ether oxygens (including phenoxy) is 1. The van der Waals surface area contributed by atoms with Crippen LogP contribution in [0, 0.1) is 5.92 Å². The van der Waals surface area contributed by atoms with Gasteiger partial charge in [0.1, 0.15) is 11.8 Å². The van der Waals surface area contributed by atoms with E-state index in [0.29, 0.717) is 18.9 Å². The molecule has 0 aromatic heterocycles. The molecule has 5 heteroatoms. The minimum atomic E-state index is -0.358. The van der Waals surface area contributed by atoms with Crippen molar-refractivity contribution in [1.29, 1.82) is 0 Å². The molecule has 1 aromatic rings. The average Bonchev–Trinajstić information content (AvgIpc) is 2.36. The number of hydrogen-bond donors (Lipinski definition) is 2. The van der Waals surface area contributed by atoms with Gasteiger partial charge in [-0.3, -0.25) is 4.79 Å². The molecular weight excluding hydrogens is 310 g/mol. The van der Waals surface area contributed by atoms with Crippen molar-refractivity contribution in [2.24, 2.45) is 5.92 Å². The van der Waals surface area contributed by atoms with Gasteiger partial charge in [-0.25, -0.2) is 0 Å². The van der Waals surface area contributed by atoms with E-state index in [9.17, 15) is 9.90 Å². The van der Waals surface area contributed by atoms with E-state index in [1.54, 1.807) is 12.1 Å². The topological polar surface area (TPSA) is 58.6 Å². The number of hydrogen-bond acceptors (Lipinski definition) is 4. The smallest absolute Gasteiger partial charge is 0.322 e. The molecule has 1 rings (SSSR count). The summed E-state index contributed by atoms with van der Waals surface area (Å²) >= 11 is 3.36. The van der Waals surface area contributed by atoms with E-state index in [1.807, 2.05) is 19.9 Å². The highest BCUT2D eigenvalue weighted by Gasteiger charge is 2.20. The lowest BCUT2D eigenvalue weighted by Gasteiger charge is -2.18. The molecule has 4 nitrogen and oxygen atoms in total. The van der Waals surface area contributed by atoms with Crippen molar-refractivity contribution in [3.63, 3.8) is 0 Å². The Hall–Kier alpha value is -1.07. The van der Waals surface area contributed by atoms with Gasteiger partial charge in [0.2, 0.25) is 0 Å². The second-order valence-corrected chi connectivity index (χ2v) is 5.77. The zero-order valence-corrected chi connectivity index (χ0v) is 13.0. The van der Waals surface area contributed by atoms with E-state index >= 15 is 0 Å². The van der Waals surface area contributed by atoms with Crippen molar-refractivity contribution in [1.82, 2.24) is 5.32 Å². The summed E-state index contributed by atoms with van der Waals surface area (Å²) < 4.78 is 5.67. The van der Waals surface area contributed by atoms with E-state index in [0.717, 1.165) is 10.0 Å². The highest BCUT2D eigenvalue weighted by atomic mass is 79.9. The van der Waals surface area contributed by atoms with Crippen LogP contribution in [0.1, 0.15) is 25.8 Å². The molecule has 1 unspecified atom stereocenters. The highest BCUT2D eigenvalue weighted by Crippen LogP contribution is 2.22. The van der Waals surface area contributed by atoms with Crippen LogP contribution >= 0.6 is 15.9 Å². The predicted octanol–water partition coefficient (Wildman–Crippen LogP) is 2.83. The Labute approximate surface area is 122 Å². The lowest BCUT2D eigenvalue weighted by atomic mass is 10.0. The second kappa shape index (κ2) is 7.50. The van der Waals surface area contributed by atoms with Gasteiger partial charge in [-0.2, -0.15) is 0 Å². The maximum absolute atomic E-state index is 11.7. The van der Waals surface area contributed by atoms with Gasteiger partial charge in [-0.15, -0.1) is 0 Å². The molecule has 19 heavy (non-hydrogen) atoms. The number of esters is 1. The first-order valence-electron chi connectivity index (χ1n) is 6.22. The summed E-state index contributed by atoms with van der Waals surface area (Å²) in [6.45, 7) is 4.51. The number of carbonyl (C=O) groups is 1. The molecule has 0 aliphatic rings. The maximum atomic E-state index is 11.7. The fraction of sp³-hybridized carbons (Fsp3) is 0.500. The minimum Gasteiger partial charge on any atom is -0.508 e. The van der Waals surface area contributed by atoms with E-state index in [-0.39, 0.29) is 17.8 Å². The summed E-state index contributed by atoms with van der Waals surface area (Å²) in [4.78, 5) is 11.7. The number of benzene rings is 1. The summed E-state index contributed by atoms with van der Waals surface area (Å²) in [5.41, 5.74) is 0.743. The third kappa shape index (κ3) is 5.20. The summed E-state index contributed by atoms with van der Waals surface area (Å²) in [5.74, 6) is 0.319. The molecule has 0 fully saturated rings. The maximum Gasteiger partial charge on any atom is 0.322 e. The van der Waals surface area contributed by atoms with Crippen molar-refractivity contribution < 1.29 is 14.6 Å².